The molecule has 3 N–H and O–H groups in total. The van der Waals surface area contributed by atoms with Gasteiger partial charge in [-0.3, -0.25) is 9.59 Å². The molecule has 1 amide bonds. The Hall–Kier alpha value is -1.92. The maximum absolute atomic E-state index is 12.5. The molecular formula is C61H115NO5. The molecule has 0 fully saturated rings. The molecule has 0 radical (unpaired) electrons. The lowest BCUT2D eigenvalue weighted by molar-refractivity contribution is -0.143. The third-order valence-corrected chi connectivity index (χ3v) is 13.6. The predicted molar refractivity (Wildman–Crippen MR) is 292 cm³/mol. The average molecular weight is 943 g/mol. The van der Waals surface area contributed by atoms with Gasteiger partial charge in [-0.1, -0.05) is 256 Å². The van der Waals surface area contributed by atoms with Crippen molar-refractivity contribution >= 4 is 11.9 Å². The highest BCUT2D eigenvalue weighted by Gasteiger charge is 2.18. The van der Waals surface area contributed by atoms with Crippen molar-refractivity contribution in [3.05, 3.63) is 36.5 Å². The van der Waals surface area contributed by atoms with Crippen molar-refractivity contribution in [2.45, 2.75) is 328 Å². The van der Waals surface area contributed by atoms with E-state index >= 15 is 0 Å². The molecule has 2 atom stereocenters. The van der Waals surface area contributed by atoms with Crippen LogP contribution in [-0.2, 0) is 14.3 Å². The summed E-state index contributed by atoms with van der Waals surface area (Å²) in [5.41, 5.74) is 0. The van der Waals surface area contributed by atoms with Gasteiger partial charge >= 0.3 is 5.97 Å². The van der Waals surface area contributed by atoms with Crippen LogP contribution in [0.5, 0.6) is 0 Å². The van der Waals surface area contributed by atoms with E-state index in [4.69, 9.17) is 4.74 Å². The second kappa shape index (κ2) is 56.7. The summed E-state index contributed by atoms with van der Waals surface area (Å²) >= 11 is 0. The fourth-order valence-corrected chi connectivity index (χ4v) is 9.03. The lowest BCUT2D eigenvalue weighted by Gasteiger charge is -2.20. The Balaban J connectivity index is 3.46. The van der Waals surface area contributed by atoms with E-state index in [2.05, 4.69) is 43.5 Å². The van der Waals surface area contributed by atoms with Crippen LogP contribution in [0, 0.1) is 0 Å². The quantitative estimate of drug-likeness (QED) is 0.0321. The molecule has 0 aromatic carbocycles. The highest BCUT2D eigenvalue weighted by atomic mass is 16.5. The van der Waals surface area contributed by atoms with Crippen molar-refractivity contribution in [3.8, 4) is 0 Å². The van der Waals surface area contributed by atoms with Gasteiger partial charge in [0, 0.05) is 12.8 Å². The first-order chi connectivity index (χ1) is 33.0. The van der Waals surface area contributed by atoms with E-state index in [1.807, 2.05) is 6.08 Å². The smallest absolute Gasteiger partial charge is 0.305 e. The van der Waals surface area contributed by atoms with E-state index in [1.54, 1.807) is 6.08 Å². The zero-order chi connectivity index (χ0) is 48.6. The average Bonchev–Trinajstić information content (AvgIpc) is 3.33. The summed E-state index contributed by atoms with van der Waals surface area (Å²) in [6.45, 7) is 4.89. The van der Waals surface area contributed by atoms with Gasteiger partial charge in [0.05, 0.1) is 25.4 Å². The number of ether oxygens (including phenoxy) is 1. The number of hydrogen-bond donors (Lipinski definition) is 3. The van der Waals surface area contributed by atoms with Gasteiger partial charge < -0.3 is 20.3 Å². The SMILES string of the molecule is CCCCCCCC/C=C\CCCCCCCC(=O)OCCCCCCCCCCC/C=C\CCCCCCCCCC(=O)NC(CO)C(O)/C=C/CCCCCCCCCCCCCCC. The maximum Gasteiger partial charge on any atom is 0.305 e. The number of allylic oxidation sites excluding steroid dienone is 5. The van der Waals surface area contributed by atoms with Gasteiger partial charge in [0.1, 0.15) is 0 Å². The van der Waals surface area contributed by atoms with Crippen molar-refractivity contribution in [1.82, 2.24) is 5.32 Å². The Labute approximate surface area is 417 Å². The fourth-order valence-electron chi connectivity index (χ4n) is 9.03. The Morgan fingerprint density at radius 3 is 1.06 bits per heavy atom. The van der Waals surface area contributed by atoms with Gasteiger partial charge in [0.2, 0.25) is 5.91 Å². The second-order valence-electron chi connectivity index (χ2n) is 20.3. The van der Waals surface area contributed by atoms with Gasteiger partial charge in [-0.2, -0.15) is 0 Å². The molecule has 0 aromatic rings. The number of amides is 1. The van der Waals surface area contributed by atoms with Crippen LogP contribution in [-0.4, -0.2) is 47.4 Å². The molecule has 0 bridgehead atoms. The molecule has 0 spiro atoms. The summed E-state index contributed by atoms with van der Waals surface area (Å²) in [6, 6.07) is -0.634. The van der Waals surface area contributed by atoms with Crippen LogP contribution in [0.25, 0.3) is 0 Å². The first-order valence-electron chi connectivity index (χ1n) is 29.8. The number of esters is 1. The Morgan fingerprint density at radius 1 is 0.403 bits per heavy atom. The third-order valence-electron chi connectivity index (χ3n) is 13.6. The molecule has 0 aliphatic heterocycles. The van der Waals surface area contributed by atoms with Crippen LogP contribution < -0.4 is 5.32 Å². The minimum atomic E-state index is -0.850. The minimum absolute atomic E-state index is 0.00253. The van der Waals surface area contributed by atoms with Crippen molar-refractivity contribution in [3.63, 3.8) is 0 Å². The van der Waals surface area contributed by atoms with E-state index in [-0.39, 0.29) is 18.5 Å². The topological polar surface area (TPSA) is 95.9 Å². The van der Waals surface area contributed by atoms with Crippen LogP contribution in [0.3, 0.4) is 0 Å². The summed E-state index contributed by atoms with van der Waals surface area (Å²) in [5.74, 6) is -0.0786. The largest absolute Gasteiger partial charge is 0.466 e. The number of unbranched alkanes of at least 4 members (excludes halogenated alkanes) is 40. The Morgan fingerprint density at radius 2 is 0.701 bits per heavy atom. The van der Waals surface area contributed by atoms with Crippen molar-refractivity contribution < 1.29 is 24.5 Å². The van der Waals surface area contributed by atoms with Gasteiger partial charge in [0.15, 0.2) is 0 Å². The Kier molecular flexibility index (Phi) is 55.0. The van der Waals surface area contributed by atoms with E-state index in [9.17, 15) is 19.8 Å². The van der Waals surface area contributed by atoms with Gasteiger partial charge in [-0.15, -0.1) is 0 Å². The third kappa shape index (κ3) is 53.3. The van der Waals surface area contributed by atoms with Crippen LogP contribution in [0.2, 0.25) is 0 Å². The highest BCUT2D eigenvalue weighted by Crippen LogP contribution is 2.16. The number of carbonyl (C=O) groups is 2. The highest BCUT2D eigenvalue weighted by molar-refractivity contribution is 5.76. The summed E-state index contributed by atoms with van der Waals surface area (Å²) in [4.78, 5) is 24.5. The molecule has 394 valence electrons. The van der Waals surface area contributed by atoms with Crippen molar-refractivity contribution in [1.29, 1.82) is 0 Å². The molecule has 0 aliphatic carbocycles. The Bertz CT molecular complexity index is 1090. The van der Waals surface area contributed by atoms with E-state index in [1.165, 1.54) is 238 Å². The zero-order valence-corrected chi connectivity index (χ0v) is 44.9. The predicted octanol–water partition coefficient (Wildman–Crippen LogP) is 18.4. The first-order valence-corrected chi connectivity index (χ1v) is 29.8. The molecule has 67 heavy (non-hydrogen) atoms. The van der Waals surface area contributed by atoms with E-state index in [0.717, 1.165) is 51.4 Å². The number of carbonyl (C=O) groups excluding carboxylic acids is 2. The second-order valence-corrected chi connectivity index (χ2v) is 20.3. The molecule has 6 heteroatoms. The molecule has 0 aliphatic rings. The number of aliphatic hydroxyl groups excluding tert-OH is 2. The number of rotatable bonds is 55. The van der Waals surface area contributed by atoms with E-state index in [0.29, 0.717) is 19.4 Å². The van der Waals surface area contributed by atoms with E-state index < -0.39 is 12.1 Å². The van der Waals surface area contributed by atoms with Gasteiger partial charge in [0.25, 0.3) is 0 Å². The monoisotopic (exact) mass is 942 g/mol. The molecule has 0 saturated carbocycles. The molecule has 6 nitrogen and oxygen atoms in total. The lowest BCUT2D eigenvalue weighted by atomic mass is 10.0. The van der Waals surface area contributed by atoms with Crippen LogP contribution in [0.15, 0.2) is 36.5 Å². The normalized spacial score (nSPS) is 12.8. The molecule has 0 saturated heterocycles. The van der Waals surface area contributed by atoms with Crippen LogP contribution >= 0.6 is 0 Å². The molecule has 2 unspecified atom stereocenters. The zero-order valence-electron chi connectivity index (χ0n) is 44.9. The standard InChI is InChI=1S/C61H115NO5/c1-3-5-7-9-11-13-15-17-25-29-33-37-41-45-49-53-59(64)58(57-63)62-60(65)54-50-46-42-38-34-30-27-23-21-19-20-22-24-28-32-36-40-44-48-52-56-67-61(66)55-51-47-43-39-35-31-26-18-16-14-12-10-8-6-4-2/h18-19,21,26,49,53,58-59,63-64H,3-17,20,22-25,27-48,50-52,54-57H2,1-2H3,(H,62,65)/b21-19-,26-18-,53-49+. The minimum Gasteiger partial charge on any atom is -0.466 e. The molecular weight excluding hydrogens is 827 g/mol. The molecule has 0 rings (SSSR count). The number of nitrogens with one attached hydrogen (secondary N) is 1. The lowest BCUT2D eigenvalue weighted by Crippen LogP contribution is -2.45. The maximum atomic E-state index is 12.5. The fraction of sp³-hybridized carbons (Fsp3) is 0.869. The van der Waals surface area contributed by atoms with Crippen LogP contribution in [0.1, 0.15) is 316 Å². The summed E-state index contributed by atoms with van der Waals surface area (Å²) in [5, 5.41) is 23.1. The van der Waals surface area contributed by atoms with Crippen molar-refractivity contribution in [2.75, 3.05) is 13.2 Å². The number of aliphatic hydroxyl groups is 2. The number of hydrogen-bond acceptors (Lipinski definition) is 5. The molecule has 0 aromatic heterocycles. The first kappa shape index (κ1) is 65.1. The summed E-state index contributed by atoms with van der Waals surface area (Å²) in [7, 11) is 0. The van der Waals surface area contributed by atoms with Gasteiger partial charge in [-0.25, -0.2) is 0 Å². The molecule has 0 heterocycles. The van der Waals surface area contributed by atoms with Crippen LogP contribution in [0.4, 0.5) is 0 Å². The van der Waals surface area contributed by atoms with Gasteiger partial charge in [-0.05, 0) is 83.5 Å². The summed E-state index contributed by atoms with van der Waals surface area (Å²) < 4.78 is 5.47. The van der Waals surface area contributed by atoms with Crippen molar-refractivity contribution in [2.24, 2.45) is 0 Å². The summed E-state index contributed by atoms with van der Waals surface area (Å²) in [6.07, 6.45) is 70.2.